The van der Waals surface area contributed by atoms with E-state index in [4.69, 9.17) is 0 Å². The summed E-state index contributed by atoms with van der Waals surface area (Å²) in [5.74, 6) is 1.20. The van der Waals surface area contributed by atoms with E-state index in [1.54, 1.807) is 6.07 Å². The summed E-state index contributed by atoms with van der Waals surface area (Å²) in [6.07, 6.45) is 5.94. The number of carbonyl (C=O) groups is 1. The maximum absolute atomic E-state index is 12.7. The molecular formula is C25H25N3O3S. The summed E-state index contributed by atoms with van der Waals surface area (Å²) in [4.78, 5) is 12.7. The van der Waals surface area contributed by atoms with Crippen LogP contribution in [0, 0.1) is 40.4 Å². The van der Waals surface area contributed by atoms with Gasteiger partial charge in [0, 0.05) is 18.6 Å². The molecule has 1 amide bonds. The highest BCUT2D eigenvalue weighted by Crippen LogP contribution is 2.48. The monoisotopic (exact) mass is 447 g/mol. The van der Waals surface area contributed by atoms with Crippen molar-refractivity contribution in [2.45, 2.75) is 43.0 Å². The predicted octanol–water partition coefficient (Wildman–Crippen LogP) is 3.62. The van der Waals surface area contributed by atoms with Crippen LogP contribution in [0.5, 0.6) is 0 Å². The maximum atomic E-state index is 12.7. The average molecular weight is 448 g/mol. The Kier molecular flexibility index (Phi) is 6.04. The number of carbonyl (C=O) groups excluding carboxylic acids is 1. The van der Waals surface area contributed by atoms with Crippen LogP contribution in [0.1, 0.15) is 36.8 Å². The summed E-state index contributed by atoms with van der Waals surface area (Å²) in [7, 11) is -3.52. The van der Waals surface area contributed by atoms with Gasteiger partial charge in [0.25, 0.3) is 0 Å². The van der Waals surface area contributed by atoms with E-state index < -0.39 is 15.9 Å². The Morgan fingerprint density at radius 1 is 1.09 bits per heavy atom. The molecule has 7 heteroatoms. The van der Waals surface area contributed by atoms with Crippen LogP contribution in [0.4, 0.5) is 0 Å². The molecule has 0 aromatic heterocycles. The van der Waals surface area contributed by atoms with Crippen molar-refractivity contribution < 1.29 is 13.2 Å². The highest BCUT2D eigenvalue weighted by molar-refractivity contribution is 7.90. The number of hydrogen-bond acceptors (Lipinski definition) is 5. The SMILES string of the molecule is CS(=O)(=O)c1cc(-c2ccc(C[C@@H](C#N)NC(=O)[C@H]3C[C@@H]4CC[C@H]3C4)cc2)ccc1C#N. The van der Waals surface area contributed by atoms with E-state index in [1.165, 1.54) is 18.6 Å². The minimum atomic E-state index is -3.52. The Balaban J connectivity index is 1.45. The molecule has 0 spiro atoms. The standard InChI is InChI=1S/C25H25N3O3S/c1-32(30,31)24-13-19(8-9-21(24)14-26)18-5-2-16(3-6-18)11-22(15-27)28-25(29)23-12-17-4-7-20(23)10-17/h2-3,5-6,8-9,13,17,20,22-23H,4,7,10-12H2,1H3,(H,28,29)/t17-,20+,22+,23+/m1/s1. The molecule has 2 aliphatic rings. The molecule has 0 aliphatic heterocycles. The average Bonchev–Trinajstić information content (AvgIpc) is 3.42. The van der Waals surface area contributed by atoms with E-state index in [1.807, 2.05) is 30.3 Å². The Hall–Kier alpha value is -3.16. The maximum Gasteiger partial charge on any atom is 0.224 e. The van der Waals surface area contributed by atoms with Crippen molar-refractivity contribution in [3.05, 3.63) is 53.6 Å². The second-order valence-electron chi connectivity index (χ2n) is 8.97. The van der Waals surface area contributed by atoms with Crippen LogP contribution in [0.3, 0.4) is 0 Å². The summed E-state index contributed by atoms with van der Waals surface area (Å²) < 4.78 is 24.0. The summed E-state index contributed by atoms with van der Waals surface area (Å²) in [5.41, 5.74) is 2.53. The van der Waals surface area contributed by atoms with Crippen LogP contribution in [0.25, 0.3) is 11.1 Å². The lowest BCUT2D eigenvalue weighted by molar-refractivity contribution is -0.126. The van der Waals surface area contributed by atoms with Crippen molar-refractivity contribution in [3.63, 3.8) is 0 Å². The molecule has 4 atom stereocenters. The lowest BCUT2D eigenvalue weighted by atomic mass is 9.88. The molecule has 2 bridgehead atoms. The third-order valence-electron chi connectivity index (χ3n) is 6.78. The van der Waals surface area contributed by atoms with Crippen molar-refractivity contribution in [1.82, 2.24) is 5.32 Å². The molecule has 6 nitrogen and oxygen atoms in total. The molecule has 2 saturated carbocycles. The second-order valence-corrected chi connectivity index (χ2v) is 11.0. The minimum absolute atomic E-state index is 0.00579. The van der Waals surface area contributed by atoms with Crippen LogP contribution in [-0.4, -0.2) is 26.6 Å². The topological polar surface area (TPSA) is 111 Å². The summed E-state index contributed by atoms with van der Waals surface area (Å²) in [5, 5.41) is 21.7. The number of nitriles is 2. The molecule has 2 aliphatic carbocycles. The molecule has 1 N–H and O–H groups in total. The van der Waals surface area contributed by atoms with E-state index in [2.05, 4.69) is 11.4 Å². The van der Waals surface area contributed by atoms with Gasteiger partial charge < -0.3 is 5.32 Å². The number of sulfone groups is 1. The van der Waals surface area contributed by atoms with Crippen LogP contribution in [-0.2, 0) is 21.1 Å². The van der Waals surface area contributed by atoms with Gasteiger partial charge in [-0.1, -0.05) is 36.8 Å². The van der Waals surface area contributed by atoms with Gasteiger partial charge in [-0.15, -0.1) is 0 Å². The van der Waals surface area contributed by atoms with Crippen molar-refractivity contribution >= 4 is 15.7 Å². The zero-order valence-electron chi connectivity index (χ0n) is 17.9. The van der Waals surface area contributed by atoms with Gasteiger partial charge in [0.05, 0.1) is 16.5 Å². The highest BCUT2D eigenvalue weighted by atomic mass is 32.2. The first kappa shape index (κ1) is 22.0. The van der Waals surface area contributed by atoms with Gasteiger partial charge in [-0.3, -0.25) is 4.79 Å². The normalized spacial score (nSPS) is 22.7. The molecule has 2 aromatic rings. The van der Waals surface area contributed by atoms with Crippen molar-refractivity contribution in [3.8, 4) is 23.3 Å². The second kappa shape index (κ2) is 8.76. The lowest BCUT2D eigenvalue weighted by Crippen LogP contribution is -2.40. The first-order chi connectivity index (χ1) is 15.3. The number of fused-ring (bicyclic) bond motifs is 2. The van der Waals surface area contributed by atoms with Gasteiger partial charge >= 0.3 is 0 Å². The van der Waals surface area contributed by atoms with Gasteiger partial charge in [0.2, 0.25) is 5.91 Å². The largest absolute Gasteiger partial charge is 0.340 e. The molecule has 0 heterocycles. The Morgan fingerprint density at radius 2 is 1.81 bits per heavy atom. The smallest absolute Gasteiger partial charge is 0.224 e. The van der Waals surface area contributed by atoms with E-state index >= 15 is 0 Å². The quantitative estimate of drug-likeness (QED) is 0.727. The van der Waals surface area contributed by atoms with Crippen LogP contribution >= 0.6 is 0 Å². The number of benzene rings is 2. The Morgan fingerprint density at radius 3 is 2.38 bits per heavy atom. The van der Waals surface area contributed by atoms with Gasteiger partial charge in [-0.05, 0) is 59.9 Å². The number of nitrogens with zero attached hydrogens (tertiary/aromatic N) is 2. The van der Waals surface area contributed by atoms with E-state index in [0.717, 1.165) is 36.6 Å². The van der Waals surface area contributed by atoms with Crippen molar-refractivity contribution in [1.29, 1.82) is 10.5 Å². The van der Waals surface area contributed by atoms with Crippen molar-refractivity contribution in [2.75, 3.05) is 6.26 Å². The zero-order valence-corrected chi connectivity index (χ0v) is 18.7. The molecule has 4 rings (SSSR count). The molecule has 2 fully saturated rings. The number of nitrogens with one attached hydrogen (secondary N) is 1. The first-order valence-corrected chi connectivity index (χ1v) is 12.7. The molecule has 0 saturated heterocycles. The Bertz CT molecular complexity index is 1220. The molecule has 32 heavy (non-hydrogen) atoms. The van der Waals surface area contributed by atoms with E-state index in [0.29, 0.717) is 23.8 Å². The number of hydrogen-bond donors (Lipinski definition) is 1. The van der Waals surface area contributed by atoms with Crippen molar-refractivity contribution in [2.24, 2.45) is 17.8 Å². The Labute approximate surface area is 188 Å². The van der Waals surface area contributed by atoms with Gasteiger partial charge in [0.1, 0.15) is 12.1 Å². The molecule has 0 unspecified atom stereocenters. The third kappa shape index (κ3) is 4.54. The fourth-order valence-corrected chi connectivity index (χ4v) is 6.00. The van der Waals surface area contributed by atoms with Crippen LogP contribution in [0.15, 0.2) is 47.4 Å². The van der Waals surface area contributed by atoms with Crippen LogP contribution in [0.2, 0.25) is 0 Å². The fourth-order valence-electron chi connectivity index (χ4n) is 5.14. The number of amides is 1. The molecule has 0 radical (unpaired) electrons. The van der Waals surface area contributed by atoms with Gasteiger partial charge in [-0.2, -0.15) is 10.5 Å². The predicted molar refractivity (Wildman–Crippen MR) is 120 cm³/mol. The summed E-state index contributed by atoms with van der Waals surface area (Å²) >= 11 is 0. The minimum Gasteiger partial charge on any atom is -0.340 e. The zero-order chi connectivity index (χ0) is 22.9. The van der Waals surface area contributed by atoms with Gasteiger partial charge in [-0.25, -0.2) is 8.42 Å². The molecule has 2 aromatic carbocycles. The lowest BCUT2D eigenvalue weighted by Gasteiger charge is -2.22. The molecular weight excluding hydrogens is 422 g/mol. The summed E-state index contributed by atoms with van der Waals surface area (Å²) in [6, 6.07) is 15.7. The fraction of sp³-hybridized carbons (Fsp3) is 0.400. The third-order valence-corrected chi connectivity index (χ3v) is 7.91. The molecule has 164 valence electrons. The van der Waals surface area contributed by atoms with Crippen LogP contribution < -0.4 is 5.32 Å². The number of rotatable bonds is 6. The summed E-state index contributed by atoms with van der Waals surface area (Å²) in [6.45, 7) is 0. The highest BCUT2D eigenvalue weighted by Gasteiger charge is 2.43. The first-order valence-electron chi connectivity index (χ1n) is 10.8. The van der Waals surface area contributed by atoms with E-state index in [-0.39, 0.29) is 22.3 Å². The van der Waals surface area contributed by atoms with Gasteiger partial charge in [0.15, 0.2) is 9.84 Å². The van der Waals surface area contributed by atoms with E-state index in [9.17, 15) is 23.7 Å².